The van der Waals surface area contributed by atoms with Crippen LogP contribution in [0.15, 0.2) is 24.3 Å². The maximum Gasteiger partial charge on any atom is 0.260 e. The van der Waals surface area contributed by atoms with Gasteiger partial charge in [0, 0.05) is 25.0 Å². The van der Waals surface area contributed by atoms with Crippen molar-refractivity contribution in [3.05, 3.63) is 24.3 Å². The van der Waals surface area contributed by atoms with Crippen LogP contribution >= 0.6 is 0 Å². The van der Waals surface area contributed by atoms with E-state index >= 15 is 0 Å². The molecule has 2 aliphatic rings. The van der Waals surface area contributed by atoms with Gasteiger partial charge < -0.3 is 19.7 Å². The van der Waals surface area contributed by atoms with Gasteiger partial charge in [0.1, 0.15) is 0 Å². The van der Waals surface area contributed by atoms with Gasteiger partial charge in [-0.25, -0.2) is 0 Å². The van der Waals surface area contributed by atoms with Crippen LogP contribution in [0.5, 0.6) is 11.5 Å². The lowest BCUT2D eigenvalue weighted by atomic mass is 10.0. The molecule has 25 heavy (non-hydrogen) atoms. The normalized spacial score (nSPS) is 17.9. The minimum Gasteiger partial charge on any atom is -0.490 e. The number of hydrogen-bond donors (Lipinski definition) is 1. The Labute approximate surface area is 148 Å². The SMILES string of the molecule is CCOc1ccccc1OCC(=O)N1CCC(NC(=O)C2CC2)CC1. The van der Waals surface area contributed by atoms with Crippen LogP contribution in [0.3, 0.4) is 0 Å². The van der Waals surface area contributed by atoms with Crippen LogP contribution in [0.25, 0.3) is 0 Å². The molecule has 6 heteroatoms. The van der Waals surface area contributed by atoms with Crippen molar-refractivity contribution in [1.29, 1.82) is 0 Å². The van der Waals surface area contributed by atoms with Crippen molar-refractivity contribution < 1.29 is 19.1 Å². The number of carbonyl (C=O) groups excluding carboxylic acids is 2. The molecule has 1 saturated heterocycles. The molecule has 6 nitrogen and oxygen atoms in total. The summed E-state index contributed by atoms with van der Waals surface area (Å²) >= 11 is 0. The summed E-state index contributed by atoms with van der Waals surface area (Å²) in [6.07, 6.45) is 3.65. The lowest BCUT2D eigenvalue weighted by Crippen LogP contribution is -2.48. The molecule has 1 saturated carbocycles. The average molecular weight is 346 g/mol. The number of ether oxygens (including phenoxy) is 2. The molecule has 2 fully saturated rings. The summed E-state index contributed by atoms with van der Waals surface area (Å²) in [5.74, 6) is 1.63. The first-order chi connectivity index (χ1) is 12.2. The number of likely N-dealkylation sites (tertiary alicyclic amines) is 1. The van der Waals surface area contributed by atoms with Gasteiger partial charge in [-0.05, 0) is 44.7 Å². The van der Waals surface area contributed by atoms with Gasteiger partial charge in [-0.1, -0.05) is 12.1 Å². The number of rotatable bonds is 7. The van der Waals surface area contributed by atoms with E-state index in [2.05, 4.69) is 5.32 Å². The smallest absolute Gasteiger partial charge is 0.260 e. The summed E-state index contributed by atoms with van der Waals surface area (Å²) in [6, 6.07) is 7.56. The third-order valence-electron chi connectivity index (χ3n) is 4.64. The molecular weight excluding hydrogens is 320 g/mol. The molecule has 0 spiro atoms. The van der Waals surface area contributed by atoms with Gasteiger partial charge in [-0.3, -0.25) is 9.59 Å². The van der Waals surface area contributed by atoms with Crippen LogP contribution in [0.2, 0.25) is 0 Å². The Bertz CT molecular complexity index is 607. The van der Waals surface area contributed by atoms with Gasteiger partial charge in [0.25, 0.3) is 5.91 Å². The van der Waals surface area contributed by atoms with Crippen LogP contribution in [0, 0.1) is 5.92 Å². The van der Waals surface area contributed by atoms with Gasteiger partial charge >= 0.3 is 0 Å². The van der Waals surface area contributed by atoms with E-state index in [-0.39, 0.29) is 30.4 Å². The summed E-state index contributed by atoms with van der Waals surface area (Å²) in [7, 11) is 0. The maximum absolute atomic E-state index is 12.4. The summed E-state index contributed by atoms with van der Waals surface area (Å²) in [5, 5.41) is 3.09. The predicted molar refractivity (Wildman–Crippen MR) is 93.6 cm³/mol. The monoisotopic (exact) mass is 346 g/mol. The molecule has 0 bridgehead atoms. The van der Waals surface area contributed by atoms with Crippen LogP contribution < -0.4 is 14.8 Å². The molecule has 3 rings (SSSR count). The zero-order valence-corrected chi connectivity index (χ0v) is 14.7. The molecule has 1 aromatic rings. The molecule has 0 atom stereocenters. The van der Waals surface area contributed by atoms with Gasteiger partial charge in [0.15, 0.2) is 18.1 Å². The van der Waals surface area contributed by atoms with Crippen LogP contribution in [0.4, 0.5) is 0 Å². The number of benzene rings is 1. The number of para-hydroxylation sites is 2. The molecule has 0 radical (unpaired) electrons. The van der Waals surface area contributed by atoms with Gasteiger partial charge in [-0.2, -0.15) is 0 Å². The Hall–Kier alpha value is -2.24. The zero-order chi connectivity index (χ0) is 17.6. The first-order valence-corrected chi connectivity index (χ1v) is 9.10. The van der Waals surface area contributed by atoms with E-state index in [1.165, 1.54) is 0 Å². The summed E-state index contributed by atoms with van der Waals surface area (Å²) < 4.78 is 11.1. The second kappa shape index (κ2) is 8.23. The molecule has 136 valence electrons. The number of amides is 2. The Morgan fingerprint density at radius 3 is 2.32 bits per heavy atom. The van der Waals surface area contributed by atoms with E-state index in [9.17, 15) is 9.59 Å². The second-order valence-corrected chi connectivity index (χ2v) is 6.61. The topological polar surface area (TPSA) is 67.9 Å². The number of hydrogen-bond acceptors (Lipinski definition) is 4. The Balaban J connectivity index is 1.43. The number of piperidine rings is 1. The van der Waals surface area contributed by atoms with Crippen molar-refractivity contribution in [3.8, 4) is 11.5 Å². The largest absolute Gasteiger partial charge is 0.490 e. The molecule has 0 aromatic heterocycles. The van der Waals surface area contributed by atoms with Crippen molar-refractivity contribution in [1.82, 2.24) is 10.2 Å². The fourth-order valence-corrected chi connectivity index (χ4v) is 3.01. The highest BCUT2D eigenvalue weighted by molar-refractivity contribution is 5.81. The third kappa shape index (κ3) is 4.87. The lowest BCUT2D eigenvalue weighted by Gasteiger charge is -2.32. The summed E-state index contributed by atoms with van der Waals surface area (Å²) in [6.45, 7) is 3.78. The highest BCUT2D eigenvalue weighted by Gasteiger charge is 2.32. The zero-order valence-electron chi connectivity index (χ0n) is 14.7. The molecule has 1 aliphatic heterocycles. The molecule has 2 amide bonds. The van der Waals surface area contributed by atoms with Gasteiger partial charge in [-0.15, -0.1) is 0 Å². The number of nitrogens with zero attached hydrogens (tertiary/aromatic N) is 1. The number of carbonyl (C=O) groups is 2. The average Bonchev–Trinajstić information content (AvgIpc) is 3.47. The van der Waals surface area contributed by atoms with Crippen molar-refractivity contribution in [2.24, 2.45) is 5.92 Å². The molecule has 1 aromatic carbocycles. The molecular formula is C19H26N2O4. The minimum atomic E-state index is -0.0294. The lowest BCUT2D eigenvalue weighted by molar-refractivity contribution is -0.134. The first kappa shape index (κ1) is 17.6. The van der Waals surface area contributed by atoms with E-state index in [1.807, 2.05) is 30.0 Å². The highest BCUT2D eigenvalue weighted by Crippen LogP contribution is 2.29. The number of nitrogens with one attached hydrogen (secondary N) is 1. The van der Waals surface area contributed by atoms with E-state index in [0.29, 0.717) is 31.2 Å². The fourth-order valence-electron chi connectivity index (χ4n) is 3.01. The predicted octanol–water partition coefficient (Wildman–Crippen LogP) is 1.98. The van der Waals surface area contributed by atoms with Crippen molar-refractivity contribution >= 4 is 11.8 Å². The van der Waals surface area contributed by atoms with Crippen LogP contribution in [-0.2, 0) is 9.59 Å². The molecule has 1 aliphatic carbocycles. The molecule has 1 N–H and O–H groups in total. The summed E-state index contributed by atoms with van der Waals surface area (Å²) in [5.41, 5.74) is 0. The van der Waals surface area contributed by atoms with Crippen molar-refractivity contribution in [2.45, 2.75) is 38.6 Å². The highest BCUT2D eigenvalue weighted by atomic mass is 16.5. The van der Waals surface area contributed by atoms with Gasteiger partial charge in [0.05, 0.1) is 6.61 Å². The van der Waals surface area contributed by atoms with E-state index in [1.54, 1.807) is 6.07 Å². The minimum absolute atomic E-state index is 0.00316. The first-order valence-electron chi connectivity index (χ1n) is 9.10. The Morgan fingerprint density at radius 1 is 1.08 bits per heavy atom. The quantitative estimate of drug-likeness (QED) is 0.820. The standard InChI is InChI=1S/C19H26N2O4/c1-2-24-16-5-3-4-6-17(16)25-13-18(22)21-11-9-15(10-12-21)20-19(23)14-7-8-14/h3-6,14-15H,2,7-13H2,1H3,(H,20,23). The Kier molecular flexibility index (Phi) is 5.79. The van der Waals surface area contributed by atoms with E-state index in [4.69, 9.17) is 9.47 Å². The summed E-state index contributed by atoms with van der Waals surface area (Å²) in [4.78, 5) is 26.0. The van der Waals surface area contributed by atoms with Crippen molar-refractivity contribution in [2.75, 3.05) is 26.3 Å². The second-order valence-electron chi connectivity index (χ2n) is 6.61. The third-order valence-corrected chi connectivity index (χ3v) is 4.64. The van der Waals surface area contributed by atoms with Crippen LogP contribution in [0.1, 0.15) is 32.6 Å². The van der Waals surface area contributed by atoms with Gasteiger partial charge in [0.2, 0.25) is 5.91 Å². The fraction of sp³-hybridized carbons (Fsp3) is 0.579. The maximum atomic E-state index is 12.4. The van der Waals surface area contributed by atoms with E-state index < -0.39 is 0 Å². The van der Waals surface area contributed by atoms with Crippen LogP contribution in [-0.4, -0.2) is 49.1 Å². The molecule has 1 heterocycles. The van der Waals surface area contributed by atoms with Crippen molar-refractivity contribution in [3.63, 3.8) is 0 Å². The van der Waals surface area contributed by atoms with E-state index in [0.717, 1.165) is 25.7 Å². The Morgan fingerprint density at radius 2 is 1.72 bits per heavy atom. The molecule has 0 unspecified atom stereocenters.